The van der Waals surface area contributed by atoms with Gasteiger partial charge < -0.3 is 9.15 Å². The minimum absolute atomic E-state index is 0.357. The van der Waals surface area contributed by atoms with E-state index < -0.39 is 0 Å². The van der Waals surface area contributed by atoms with Gasteiger partial charge >= 0.3 is 5.63 Å². The molecule has 0 atom stereocenters. The molecule has 0 aliphatic carbocycles. The molecule has 0 N–H and O–H groups in total. The number of benzene rings is 3. The van der Waals surface area contributed by atoms with Crippen LogP contribution in [0.1, 0.15) is 5.56 Å². The van der Waals surface area contributed by atoms with Crippen molar-refractivity contribution < 1.29 is 9.15 Å². The van der Waals surface area contributed by atoms with Gasteiger partial charge in [0.15, 0.2) is 0 Å². The lowest BCUT2D eigenvalue weighted by Crippen LogP contribution is -1.98. The van der Waals surface area contributed by atoms with Crippen molar-refractivity contribution in [1.29, 1.82) is 0 Å². The quantitative estimate of drug-likeness (QED) is 0.465. The van der Waals surface area contributed by atoms with Crippen molar-refractivity contribution in [2.45, 2.75) is 6.92 Å². The molecule has 128 valence electrons. The first-order chi connectivity index (χ1) is 12.6. The highest BCUT2D eigenvalue weighted by atomic mass is 16.5. The van der Waals surface area contributed by atoms with Gasteiger partial charge in [0, 0.05) is 11.5 Å². The summed E-state index contributed by atoms with van der Waals surface area (Å²) in [6.45, 7) is 2.06. The average molecular weight is 342 g/mol. The number of hydrogen-bond donors (Lipinski definition) is 0. The molecule has 26 heavy (non-hydrogen) atoms. The summed E-state index contributed by atoms with van der Waals surface area (Å²) in [6.07, 6.45) is 0. The van der Waals surface area contributed by atoms with Crippen LogP contribution in [0.3, 0.4) is 0 Å². The second-order valence-electron chi connectivity index (χ2n) is 6.28. The summed E-state index contributed by atoms with van der Waals surface area (Å²) in [6, 6.07) is 23.5. The molecule has 0 saturated carbocycles. The molecule has 0 unspecified atom stereocenters. The van der Waals surface area contributed by atoms with Crippen molar-refractivity contribution in [2.75, 3.05) is 7.11 Å². The van der Waals surface area contributed by atoms with Gasteiger partial charge in [-0.05, 0) is 53.4 Å². The molecule has 0 saturated heterocycles. The van der Waals surface area contributed by atoms with Crippen molar-refractivity contribution in [1.82, 2.24) is 0 Å². The monoisotopic (exact) mass is 342 g/mol. The largest absolute Gasteiger partial charge is 0.497 e. The van der Waals surface area contributed by atoms with Crippen LogP contribution in [0, 0.1) is 6.92 Å². The minimum Gasteiger partial charge on any atom is -0.497 e. The predicted molar refractivity (Wildman–Crippen MR) is 105 cm³/mol. The first-order valence-corrected chi connectivity index (χ1v) is 8.43. The van der Waals surface area contributed by atoms with Crippen LogP contribution in [0.2, 0.25) is 0 Å². The molecule has 3 nitrogen and oxygen atoms in total. The SMILES string of the molecule is COc1ccc(-c2cc(=O)oc3cc(-c4ccc(C)cc4)ccc23)cc1. The highest BCUT2D eigenvalue weighted by molar-refractivity contribution is 5.95. The maximum atomic E-state index is 12.1. The zero-order valence-corrected chi connectivity index (χ0v) is 14.7. The molecule has 0 fully saturated rings. The second kappa shape index (κ2) is 6.52. The van der Waals surface area contributed by atoms with Crippen LogP contribution in [0.25, 0.3) is 33.2 Å². The van der Waals surface area contributed by atoms with Gasteiger partial charge in [0.25, 0.3) is 0 Å². The molecule has 0 spiro atoms. The molecule has 4 aromatic rings. The summed E-state index contributed by atoms with van der Waals surface area (Å²) in [7, 11) is 1.63. The van der Waals surface area contributed by atoms with Gasteiger partial charge in [-0.2, -0.15) is 0 Å². The van der Waals surface area contributed by atoms with Crippen molar-refractivity contribution in [3.63, 3.8) is 0 Å². The Morgan fingerprint density at radius 1 is 0.769 bits per heavy atom. The van der Waals surface area contributed by atoms with E-state index in [1.54, 1.807) is 7.11 Å². The van der Waals surface area contributed by atoms with Crippen LogP contribution in [0.5, 0.6) is 5.75 Å². The highest BCUT2D eigenvalue weighted by Crippen LogP contribution is 2.31. The standard InChI is InChI=1S/C23H18O3/c1-15-3-5-16(6-4-15)18-9-12-20-21(14-23(24)26-22(20)13-18)17-7-10-19(25-2)11-8-17/h3-14H,1-2H3. The third-order valence-corrected chi connectivity index (χ3v) is 4.53. The lowest BCUT2D eigenvalue weighted by atomic mass is 9.98. The first-order valence-electron chi connectivity index (χ1n) is 8.43. The van der Waals surface area contributed by atoms with Gasteiger partial charge in [-0.1, -0.05) is 48.0 Å². The Morgan fingerprint density at radius 3 is 2.12 bits per heavy atom. The molecule has 0 aliphatic rings. The Labute approximate surface area is 151 Å². The first kappa shape index (κ1) is 16.2. The Bertz CT molecular complexity index is 1120. The van der Waals surface area contributed by atoms with Gasteiger partial charge in [-0.3, -0.25) is 0 Å². The average Bonchev–Trinajstić information content (AvgIpc) is 2.67. The van der Waals surface area contributed by atoms with E-state index in [9.17, 15) is 4.79 Å². The van der Waals surface area contributed by atoms with Gasteiger partial charge in [0.05, 0.1) is 7.11 Å². The van der Waals surface area contributed by atoms with Crippen LogP contribution in [0.4, 0.5) is 0 Å². The van der Waals surface area contributed by atoms with E-state index in [-0.39, 0.29) is 5.63 Å². The Balaban J connectivity index is 1.87. The van der Waals surface area contributed by atoms with Crippen LogP contribution in [0.15, 0.2) is 82.0 Å². The number of methoxy groups -OCH3 is 1. The fraction of sp³-hybridized carbons (Fsp3) is 0.0870. The van der Waals surface area contributed by atoms with E-state index in [1.807, 2.05) is 36.4 Å². The molecule has 1 aromatic heterocycles. The summed E-state index contributed by atoms with van der Waals surface area (Å²) in [5, 5.41) is 0.908. The molecule has 0 amide bonds. The molecule has 3 aromatic carbocycles. The smallest absolute Gasteiger partial charge is 0.336 e. The van der Waals surface area contributed by atoms with Crippen LogP contribution >= 0.6 is 0 Å². The van der Waals surface area contributed by atoms with E-state index in [4.69, 9.17) is 9.15 Å². The molecule has 1 heterocycles. The van der Waals surface area contributed by atoms with E-state index in [0.29, 0.717) is 5.58 Å². The fourth-order valence-corrected chi connectivity index (χ4v) is 3.10. The Kier molecular flexibility index (Phi) is 4.05. The normalized spacial score (nSPS) is 10.8. The highest BCUT2D eigenvalue weighted by Gasteiger charge is 2.10. The van der Waals surface area contributed by atoms with Gasteiger partial charge in [0.2, 0.25) is 0 Å². The molecule has 0 bridgehead atoms. The number of rotatable bonds is 3. The molecular weight excluding hydrogens is 324 g/mol. The second-order valence-corrected chi connectivity index (χ2v) is 6.28. The number of hydrogen-bond acceptors (Lipinski definition) is 3. The van der Waals surface area contributed by atoms with Gasteiger partial charge in [0.1, 0.15) is 11.3 Å². The Hall–Kier alpha value is -3.33. The van der Waals surface area contributed by atoms with Crippen molar-refractivity contribution in [3.8, 4) is 28.0 Å². The number of ether oxygens (including phenoxy) is 1. The lowest BCUT2D eigenvalue weighted by molar-refractivity contribution is 0.415. The van der Waals surface area contributed by atoms with E-state index in [1.165, 1.54) is 11.6 Å². The summed E-state index contributed by atoms with van der Waals surface area (Å²) in [5.41, 5.74) is 5.36. The topological polar surface area (TPSA) is 39.4 Å². The zero-order chi connectivity index (χ0) is 18.1. The fourth-order valence-electron chi connectivity index (χ4n) is 3.10. The van der Waals surface area contributed by atoms with Gasteiger partial charge in [-0.25, -0.2) is 4.79 Å². The number of fused-ring (bicyclic) bond motifs is 1. The molecule has 4 rings (SSSR count). The van der Waals surface area contributed by atoms with Crippen molar-refractivity contribution in [3.05, 3.63) is 88.8 Å². The molecule has 3 heteroatoms. The Morgan fingerprint density at radius 2 is 1.42 bits per heavy atom. The van der Waals surface area contributed by atoms with Crippen LogP contribution < -0.4 is 10.4 Å². The van der Waals surface area contributed by atoms with Crippen LogP contribution in [-0.4, -0.2) is 7.11 Å². The maximum Gasteiger partial charge on any atom is 0.336 e. The summed E-state index contributed by atoms with van der Waals surface area (Å²) < 4.78 is 10.7. The zero-order valence-electron chi connectivity index (χ0n) is 14.7. The number of aryl methyl sites for hydroxylation is 1. The third-order valence-electron chi connectivity index (χ3n) is 4.53. The third kappa shape index (κ3) is 3.00. The van der Waals surface area contributed by atoms with E-state index in [2.05, 4.69) is 37.3 Å². The van der Waals surface area contributed by atoms with Crippen LogP contribution in [-0.2, 0) is 0 Å². The molecular formula is C23H18O3. The summed E-state index contributed by atoms with van der Waals surface area (Å²) in [5.74, 6) is 0.780. The molecule has 0 radical (unpaired) electrons. The summed E-state index contributed by atoms with van der Waals surface area (Å²) >= 11 is 0. The predicted octanol–water partition coefficient (Wildman–Crippen LogP) is 5.44. The maximum absolute atomic E-state index is 12.1. The molecule has 0 aliphatic heterocycles. The van der Waals surface area contributed by atoms with Gasteiger partial charge in [-0.15, -0.1) is 0 Å². The lowest BCUT2D eigenvalue weighted by Gasteiger charge is -2.09. The summed E-state index contributed by atoms with van der Waals surface area (Å²) in [4.78, 5) is 12.1. The van der Waals surface area contributed by atoms with Crippen molar-refractivity contribution in [2.24, 2.45) is 0 Å². The minimum atomic E-state index is -0.357. The van der Waals surface area contributed by atoms with Crippen molar-refractivity contribution >= 4 is 11.0 Å². The van der Waals surface area contributed by atoms with E-state index >= 15 is 0 Å². The van der Waals surface area contributed by atoms with E-state index in [0.717, 1.165) is 33.4 Å².